The maximum absolute atomic E-state index is 12.7. The van der Waals surface area contributed by atoms with E-state index in [9.17, 15) is 17.6 Å². The van der Waals surface area contributed by atoms with Crippen LogP contribution in [0.5, 0.6) is 0 Å². The van der Waals surface area contributed by atoms with E-state index in [-0.39, 0.29) is 12.4 Å². The molecule has 2 rings (SSSR count). The van der Waals surface area contributed by atoms with Crippen LogP contribution in [0.4, 0.5) is 4.39 Å². The summed E-state index contributed by atoms with van der Waals surface area (Å²) in [4.78, 5) is 10.6. The number of furan rings is 1. The van der Waals surface area contributed by atoms with Gasteiger partial charge in [-0.3, -0.25) is 0 Å². The zero-order valence-electron chi connectivity index (χ0n) is 10.7. The van der Waals surface area contributed by atoms with Gasteiger partial charge in [0.1, 0.15) is 5.82 Å². The molecule has 0 unspecified atom stereocenters. The normalized spacial score (nSPS) is 11.5. The predicted molar refractivity (Wildman–Crippen MR) is 71.0 cm³/mol. The number of rotatable bonds is 6. The Hall–Kier alpha value is -2.19. The Morgan fingerprint density at radius 2 is 1.86 bits per heavy atom. The fourth-order valence-electron chi connectivity index (χ4n) is 1.63. The molecule has 0 aliphatic carbocycles. The molecule has 1 aromatic carbocycles. The first-order valence-electron chi connectivity index (χ1n) is 5.96. The van der Waals surface area contributed by atoms with Crippen LogP contribution in [-0.2, 0) is 16.4 Å². The largest absolute Gasteiger partial charge is 0.475 e. The van der Waals surface area contributed by atoms with Gasteiger partial charge in [-0.25, -0.2) is 22.3 Å². The highest BCUT2D eigenvalue weighted by atomic mass is 32.2. The highest BCUT2D eigenvalue weighted by molar-refractivity contribution is 7.89. The number of halogens is 1. The molecule has 1 heterocycles. The predicted octanol–water partition coefficient (Wildman–Crippen LogP) is 1.64. The number of carboxylic acids is 1. The summed E-state index contributed by atoms with van der Waals surface area (Å²) in [6.07, 6.45) is 0.367. The zero-order chi connectivity index (χ0) is 15.5. The lowest BCUT2D eigenvalue weighted by Crippen LogP contribution is -2.25. The minimum atomic E-state index is -3.91. The maximum atomic E-state index is 12.7. The van der Waals surface area contributed by atoms with Crippen LogP contribution in [0, 0.1) is 5.82 Å². The van der Waals surface area contributed by atoms with Crippen LogP contribution in [0.1, 0.15) is 16.1 Å². The summed E-state index contributed by atoms with van der Waals surface area (Å²) in [6, 6.07) is 7.82. The second-order valence-electron chi connectivity index (χ2n) is 4.20. The Labute approximate surface area is 120 Å². The van der Waals surface area contributed by atoms with Gasteiger partial charge < -0.3 is 9.52 Å². The third-order valence-electron chi connectivity index (χ3n) is 2.68. The lowest BCUT2D eigenvalue weighted by atomic mass is 10.1. The molecule has 1 aromatic heterocycles. The monoisotopic (exact) mass is 313 g/mol. The molecule has 0 saturated heterocycles. The average molecular weight is 313 g/mol. The van der Waals surface area contributed by atoms with Crippen molar-refractivity contribution in [3.05, 3.63) is 53.5 Å². The van der Waals surface area contributed by atoms with Crippen LogP contribution in [0.2, 0.25) is 0 Å². The molecule has 0 amide bonds. The molecule has 0 radical (unpaired) electrons. The molecule has 112 valence electrons. The molecule has 0 saturated carbocycles. The van der Waals surface area contributed by atoms with Crippen molar-refractivity contribution >= 4 is 16.0 Å². The summed E-state index contributed by atoms with van der Waals surface area (Å²) in [5.41, 5.74) is 0.768. The molecule has 0 fully saturated rings. The first kappa shape index (κ1) is 15.2. The number of aromatic carboxylic acids is 1. The van der Waals surface area contributed by atoms with Gasteiger partial charge in [0, 0.05) is 6.54 Å². The molecule has 0 spiro atoms. The molecule has 2 aromatic rings. The van der Waals surface area contributed by atoms with Gasteiger partial charge in [-0.05, 0) is 36.2 Å². The molecule has 21 heavy (non-hydrogen) atoms. The Kier molecular flexibility index (Phi) is 4.39. The summed E-state index contributed by atoms with van der Waals surface area (Å²) >= 11 is 0. The summed E-state index contributed by atoms with van der Waals surface area (Å²) < 4.78 is 43.4. The Morgan fingerprint density at radius 3 is 2.43 bits per heavy atom. The number of carbonyl (C=O) groups is 1. The van der Waals surface area contributed by atoms with Crippen LogP contribution in [0.3, 0.4) is 0 Å². The minimum absolute atomic E-state index is 0.0804. The van der Waals surface area contributed by atoms with Crippen molar-refractivity contribution in [2.24, 2.45) is 0 Å². The molecule has 8 heteroatoms. The first-order valence-corrected chi connectivity index (χ1v) is 7.44. The van der Waals surface area contributed by atoms with E-state index < -0.39 is 26.8 Å². The lowest BCUT2D eigenvalue weighted by molar-refractivity contribution is 0.0656. The molecule has 6 nitrogen and oxygen atoms in total. The van der Waals surface area contributed by atoms with Crippen molar-refractivity contribution in [1.82, 2.24) is 4.72 Å². The third kappa shape index (κ3) is 3.89. The standard InChI is InChI=1S/C13H12FNO5S/c14-10-3-1-9(2-4-10)7-8-15-21(18,19)12-6-5-11(20-12)13(16)17/h1-6,15H,7-8H2,(H,16,17). The topological polar surface area (TPSA) is 96.6 Å². The van der Waals surface area contributed by atoms with Crippen LogP contribution in [0.25, 0.3) is 0 Å². The minimum Gasteiger partial charge on any atom is -0.475 e. The molecule has 0 aliphatic heterocycles. The van der Waals surface area contributed by atoms with Gasteiger partial charge in [0.25, 0.3) is 10.0 Å². The van der Waals surface area contributed by atoms with Gasteiger partial charge in [-0.15, -0.1) is 0 Å². The molecule has 2 N–H and O–H groups in total. The van der Waals surface area contributed by atoms with E-state index >= 15 is 0 Å². The average Bonchev–Trinajstić information content (AvgIpc) is 2.91. The number of sulfonamides is 1. The molecular formula is C13H12FNO5S. The highest BCUT2D eigenvalue weighted by Crippen LogP contribution is 2.13. The second kappa shape index (κ2) is 6.06. The number of carboxylic acid groups (broad SMARTS) is 1. The molecule has 0 aliphatic rings. The fraction of sp³-hybridized carbons (Fsp3) is 0.154. The van der Waals surface area contributed by atoms with Gasteiger partial charge >= 0.3 is 5.97 Å². The summed E-state index contributed by atoms with van der Waals surface area (Å²) in [6.45, 7) is 0.0804. The van der Waals surface area contributed by atoms with Crippen molar-refractivity contribution in [1.29, 1.82) is 0 Å². The number of nitrogens with one attached hydrogen (secondary N) is 1. The smallest absolute Gasteiger partial charge is 0.371 e. The fourth-order valence-corrected chi connectivity index (χ4v) is 2.59. The van der Waals surface area contributed by atoms with Crippen LogP contribution < -0.4 is 4.72 Å². The molecule has 0 bridgehead atoms. The number of benzene rings is 1. The molecular weight excluding hydrogens is 301 g/mol. The van der Waals surface area contributed by atoms with Gasteiger partial charge in [0.05, 0.1) is 0 Å². The van der Waals surface area contributed by atoms with Gasteiger partial charge in [0.2, 0.25) is 10.9 Å². The SMILES string of the molecule is O=C(O)c1ccc(S(=O)(=O)NCCc2ccc(F)cc2)o1. The van der Waals surface area contributed by atoms with Gasteiger partial charge in [-0.2, -0.15) is 0 Å². The van der Waals surface area contributed by atoms with E-state index in [0.29, 0.717) is 6.42 Å². The van der Waals surface area contributed by atoms with E-state index in [1.165, 1.54) is 12.1 Å². The highest BCUT2D eigenvalue weighted by Gasteiger charge is 2.20. The first-order chi connectivity index (χ1) is 9.88. The Bertz CT molecular complexity index is 736. The molecule has 0 atom stereocenters. The van der Waals surface area contributed by atoms with Crippen molar-refractivity contribution in [2.45, 2.75) is 11.5 Å². The maximum Gasteiger partial charge on any atom is 0.371 e. The lowest BCUT2D eigenvalue weighted by Gasteiger charge is -2.04. The van der Waals surface area contributed by atoms with Crippen molar-refractivity contribution < 1.29 is 27.1 Å². The van der Waals surface area contributed by atoms with Crippen molar-refractivity contribution in [3.63, 3.8) is 0 Å². The third-order valence-corrected chi connectivity index (χ3v) is 4.01. The zero-order valence-corrected chi connectivity index (χ0v) is 11.6. The number of hydrogen-bond donors (Lipinski definition) is 2. The van der Waals surface area contributed by atoms with E-state index in [4.69, 9.17) is 9.52 Å². The Balaban J connectivity index is 1.97. The van der Waals surface area contributed by atoms with Crippen LogP contribution in [0.15, 0.2) is 45.9 Å². The summed E-state index contributed by atoms with van der Waals surface area (Å²) in [7, 11) is -3.91. The van der Waals surface area contributed by atoms with E-state index in [1.807, 2.05) is 0 Å². The van der Waals surface area contributed by atoms with Crippen molar-refractivity contribution in [2.75, 3.05) is 6.54 Å². The van der Waals surface area contributed by atoms with Crippen LogP contribution in [-0.4, -0.2) is 26.0 Å². The van der Waals surface area contributed by atoms with Crippen molar-refractivity contribution in [3.8, 4) is 0 Å². The van der Waals surface area contributed by atoms with Crippen LogP contribution >= 0.6 is 0 Å². The van der Waals surface area contributed by atoms with E-state index in [1.54, 1.807) is 12.1 Å². The second-order valence-corrected chi connectivity index (χ2v) is 5.90. The van der Waals surface area contributed by atoms with Gasteiger partial charge in [-0.1, -0.05) is 12.1 Å². The van der Waals surface area contributed by atoms with E-state index in [0.717, 1.165) is 17.7 Å². The van der Waals surface area contributed by atoms with Gasteiger partial charge in [0.15, 0.2) is 0 Å². The number of hydrogen-bond acceptors (Lipinski definition) is 4. The summed E-state index contributed by atoms with van der Waals surface area (Å²) in [5, 5.41) is 8.21. The summed E-state index contributed by atoms with van der Waals surface area (Å²) in [5.74, 6) is -2.16. The Morgan fingerprint density at radius 1 is 1.19 bits per heavy atom. The van der Waals surface area contributed by atoms with E-state index in [2.05, 4.69) is 4.72 Å². The quantitative estimate of drug-likeness (QED) is 0.845.